The van der Waals surface area contributed by atoms with Crippen LogP contribution in [0.4, 0.5) is 23.2 Å². The second-order valence-corrected chi connectivity index (χ2v) is 9.48. The predicted octanol–water partition coefficient (Wildman–Crippen LogP) is 6.63. The SMILES string of the molecule is CC[C@H](C)[C@@H](COc1ccc(-c2ccc(C(F)(F)F)cc2F)c(OC)c1)Nc1ccc(C(=O)NCCC(=O)O)cc1. The number of hydrogen-bond acceptors (Lipinski definition) is 5. The molecule has 3 rings (SSSR count). The van der Waals surface area contributed by atoms with Crippen molar-refractivity contribution in [3.05, 3.63) is 77.6 Å². The maximum absolute atomic E-state index is 14.6. The highest BCUT2D eigenvalue weighted by Gasteiger charge is 2.31. The fraction of sp³-hybridized carbons (Fsp3) is 0.333. The van der Waals surface area contributed by atoms with Gasteiger partial charge in [-0.2, -0.15) is 13.2 Å². The maximum atomic E-state index is 14.6. The molecule has 0 aliphatic carbocycles. The zero-order chi connectivity index (χ0) is 30.2. The molecule has 7 nitrogen and oxygen atoms in total. The van der Waals surface area contributed by atoms with Crippen LogP contribution in [0.25, 0.3) is 11.1 Å². The van der Waals surface area contributed by atoms with Gasteiger partial charge >= 0.3 is 12.1 Å². The van der Waals surface area contributed by atoms with E-state index in [-0.39, 0.29) is 54.3 Å². The molecule has 0 heterocycles. The standard InChI is InChI=1S/C30H32F4N2O5/c1-4-18(2)26(36-21-8-5-19(6-9-21)29(39)35-14-13-28(37)38)17-41-22-10-12-24(27(16-22)40-3)23-11-7-20(15-25(23)31)30(32,33)34/h5-12,15-16,18,26,36H,4,13-14,17H2,1-3H3,(H,35,39)(H,37,38)/t18-,26+/m0/s1. The van der Waals surface area contributed by atoms with Gasteiger partial charge in [0.1, 0.15) is 23.9 Å². The summed E-state index contributed by atoms with van der Waals surface area (Å²) in [5.74, 6) is -1.51. The zero-order valence-electron chi connectivity index (χ0n) is 22.8. The van der Waals surface area contributed by atoms with Crippen LogP contribution in [0.15, 0.2) is 60.7 Å². The summed E-state index contributed by atoms with van der Waals surface area (Å²) in [7, 11) is 1.38. The quantitative estimate of drug-likeness (QED) is 0.198. The molecular formula is C30H32F4N2O5. The van der Waals surface area contributed by atoms with Gasteiger partial charge in [-0.25, -0.2) is 4.39 Å². The molecule has 0 aliphatic rings. The topological polar surface area (TPSA) is 96.9 Å². The summed E-state index contributed by atoms with van der Waals surface area (Å²) in [5.41, 5.74) is 0.338. The number of halogens is 4. The first kappa shape index (κ1) is 31.3. The highest BCUT2D eigenvalue weighted by Crippen LogP contribution is 2.37. The van der Waals surface area contributed by atoms with Gasteiger partial charge in [0.05, 0.1) is 25.1 Å². The lowest BCUT2D eigenvalue weighted by Gasteiger charge is -2.26. The Balaban J connectivity index is 1.70. The van der Waals surface area contributed by atoms with Crippen LogP contribution in [-0.4, -0.2) is 43.3 Å². The van der Waals surface area contributed by atoms with Crippen molar-refractivity contribution in [1.82, 2.24) is 5.32 Å². The number of hydrogen-bond donors (Lipinski definition) is 3. The summed E-state index contributed by atoms with van der Waals surface area (Å²) in [5, 5.41) is 14.7. The lowest BCUT2D eigenvalue weighted by Crippen LogP contribution is -2.33. The summed E-state index contributed by atoms with van der Waals surface area (Å²) >= 11 is 0. The average Bonchev–Trinajstić information content (AvgIpc) is 2.94. The van der Waals surface area contributed by atoms with Gasteiger partial charge in [-0.15, -0.1) is 0 Å². The number of anilines is 1. The van der Waals surface area contributed by atoms with Crippen LogP contribution in [0.2, 0.25) is 0 Å². The van der Waals surface area contributed by atoms with Crippen molar-refractivity contribution in [2.75, 3.05) is 25.6 Å². The molecule has 2 atom stereocenters. The van der Waals surface area contributed by atoms with E-state index < -0.39 is 23.5 Å². The Morgan fingerprint density at radius 2 is 1.68 bits per heavy atom. The molecule has 0 saturated heterocycles. The van der Waals surface area contributed by atoms with Crippen LogP contribution in [-0.2, 0) is 11.0 Å². The van der Waals surface area contributed by atoms with E-state index in [0.717, 1.165) is 24.2 Å². The monoisotopic (exact) mass is 576 g/mol. The maximum Gasteiger partial charge on any atom is 0.416 e. The van der Waals surface area contributed by atoms with Crippen LogP contribution in [0.1, 0.15) is 42.6 Å². The Hall–Kier alpha value is -4.28. The van der Waals surface area contributed by atoms with Gasteiger partial charge in [0.15, 0.2) is 0 Å². The number of methoxy groups -OCH3 is 1. The first-order valence-corrected chi connectivity index (χ1v) is 13.0. The normalized spacial score (nSPS) is 12.8. The summed E-state index contributed by atoms with van der Waals surface area (Å²) in [4.78, 5) is 22.8. The van der Waals surface area contributed by atoms with Crippen LogP contribution in [0, 0.1) is 11.7 Å². The molecule has 220 valence electrons. The largest absolute Gasteiger partial charge is 0.496 e. The lowest BCUT2D eigenvalue weighted by molar-refractivity contribution is -0.138. The fourth-order valence-electron chi connectivity index (χ4n) is 4.03. The highest BCUT2D eigenvalue weighted by molar-refractivity contribution is 5.94. The minimum atomic E-state index is -4.65. The first-order chi connectivity index (χ1) is 19.4. The Morgan fingerprint density at radius 3 is 2.27 bits per heavy atom. The van der Waals surface area contributed by atoms with E-state index in [4.69, 9.17) is 14.6 Å². The number of amides is 1. The Morgan fingerprint density at radius 1 is 1.00 bits per heavy atom. The number of ether oxygens (including phenoxy) is 2. The van der Waals surface area contributed by atoms with E-state index in [2.05, 4.69) is 17.6 Å². The minimum Gasteiger partial charge on any atom is -0.496 e. The number of rotatable bonds is 13. The molecule has 3 aromatic rings. The summed E-state index contributed by atoms with van der Waals surface area (Å²) in [6, 6.07) is 13.7. The number of alkyl halides is 3. The summed E-state index contributed by atoms with van der Waals surface area (Å²) in [6.45, 7) is 4.39. The molecule has 3 aromatic carbocycles. The van der Waals surface area contributed by atoms with E-state index in [1.807, 2.05) is 6.92 Å². The van der Waals surface area contributed by atoms with Crippen molar-refractivity contribution in [1.29, 1.82) is 0 Å². The van der Waals surface area contributed by atoms with Crippen LogP contribution >= 0.6 is 0 Å². The second kappa shape index (κ2) is 13.9. The number of aliphatic carboxylic acids is 1. The molecule has 0 aromatic heterocycles. The molecule has 0 unspecified atom stereocenters. The highest BCUT2D eigenvalue weighted by atomic mass is 19.4. The number of carbonyl (C=O) groups excluding carboxylic acids is 1. The molecule has 0 bridgehead atoms. The fourth-order valence-corrected chi connectivity index (χ4v) is 4.03. The van der Waals surface area contributed by atoms with Gasteiger partial charge in [-0.05, 0) is 54.4 Å². The van der Waals surface area contributed by atoms with Gasteiger partial charge in [-0.1, -0.05) is 26.3 Å². The van der Waals surface area contributed by atoms with Gasteiger partial charge in [0, 0.05) is 35.0 Å². The van der Waals surface area contributed by atoms with Gasteiger partial charge < -0.3 is 25.2 Å². The Kier molecular flexibility index (Phi) is 10.6. The average molecular weight is 577 g/mol. The van der Waals surface area contributed by atoms with Crippen LogP contribution < -0.4 is 20.1 Å². The van der Waals surface area contributed by atoms with Crippen molar-refractivity contribution in [2.45, 2.75) is 38.9 Å². The van der Waals surface area contributed by atoms with Crippen molar-refractivity contribution in [3.8, 4) is 22.6 Å². The van der Waals surface area contributed by atoms with E-state index in [9.17, 15) is 27.2 Å². The first-order valence-electron chi connectivity index (χ1n) is 13.0. The Bertz CT molecular complexity index is 1350. The molecule has 0 radical (unpaired) electrons. The summed E-state index contributed by atoms with van der Waals surface area (Å²) < 4.78 is 64.8. The summed E-state index contributed by atoms with van der Waals surface area (Å²) in [6.07, 6.45) is -3.97. The van der Waals surface area contributed by atoms with Gasteiger partial charge in [0.2, 0.25) is 0 Å². The number of benzene rings is 3. The third-order valence-corrected chi connectivity index (χ3v) is 6.64. The molecule has 3 N–H and O–H groups in total. The van der Waals surface area contributed by atoms with Crippen LogP contribution in [0.5, 0.6) is 11.5 Å². The lowest BCUT2D eigenvalue weighted by atomic mass is 9.99. The molecule has 1 amide bonds. The smallest absolute Gasteiger partial charge is 0.416 e. The predicted molar refractivity (Wildman–Crippen MR) is 147 cm³/mol. The molecular weight excluding hydrogens is 544 g/mol. The third kappa shape index (κ3) is 8.60. The van der Waals surface area contributed by atoms with Gasteiger partial charge in [-0.3, -0.25) is 9.59 Å². The molecule has 0 spiro atoms. The third-order valence-electron chi connectivity index (χ3n) is 6.64. The molecule has 0 fully saturated rings. The van der Waals surface area contributed by atoms with Crippen molar-refractivity contribution >= 4 is 17.6 Å². The van der Waals surface area contributed by atoms with E-state index in [1.54, 1.807) is 36.4 Å². The number of carbonyl (C=O) groups is 2. The zero-order valence-corrected chi connectivity index (χ0v) is 22.8. The number of carboxylic acids is 1. The molecule has 41 heavy (non-hydrogen) atoms. The van der Waals surface area contributed by atoms with E-state index >= 15 is 0 Å². The molecule has 11 heteroatoms. The minimum absolute atomic E-state index is 0.0282. The molecule has 0 saturated carbocycles. The van der Waals surface area contributed by atoms with Crippen molar-refractivity contribution < 1.29 is 41.7 Å². The molecule has 0 aliphatic heterocycles. The Labute approximate surface area is 235 Å². The number of nitrogens with one attached hydrogen (secondary N) is 2. The van der Waals surface area contributed by atoms with Crippen molar-refractivity contribution in [2.24, 2.45) is 5.92 Å². The van der Waals surface area contributed by atoms with Gasteiger partial charge in [0.25, 0.3) is 5.91 Å². The van der Waals surface area contributed by atoms with Crippen molar-refractivity contribution in [3.63, 3.8) is 0 Å². The second-order valence-electron chi connectivity index (χ2n) is 9.48. The van der Waals surface area contributed by atoms with E-state index in [1.165, 1.54) is 13.2 Å². The number of carboxylic acid groups (broad SMARTS) is 1. The van der Waals surface area contributed by atoms with E-state index in [0.29, 0.717) is 17.4 Å². The van der Waals surface area contributed by atoms with Crippen LogP contribution in [0.3, 0.4) is 0 Å².